The molecule has 1 saturated carbocycles. The first-order valence-electron chi connectivity index (χ1n) is 13.0. The lowest BCUT2D eigenvalue weighted by Gasteiger charge is -2.28. The maximum absolute atomic E-state index is 5.81. The molecule has 2 aromatic heterocycles. The quantitative estimate of drug-likeness (QED) is 0.240. The second kappa shape index (κ2) is 12.2. The Kier molecular flexibility index (Phi) is 9.11. The fraction of sp³-hybridized carbons (Fsp3) is 0.586. The fourth-order valence-electron chi connectivity index (χ4n) is 5.04. The minimum atomic E-state index is 0.813. The average Bonchev–Trinajstić information content (AvgIpc) is 3.38. The summed E-state index contributed by atoms with van der Waals surface area (Å²) >= 11 is 3.96. The zero-order valence-corrected chi connectivity index (χ0v) is 21.7. The molecular formula is C29H40OS2. The van der Waals surface area contributed by atoms with Gasteiger partial charge in [0.15, 0.2) is 0 Å². The van der Waals surface area contributed by atoms with Crippen LogP contribution in [0.2, 0.25) is 0 Å². The van der Waals surface area contributed by atoms with Gasteiger partial charge in [0.1, 0.15) is 5.75 Å². The van der Waals surface area contributed by atoms with Crippen molar-refractivity contribution in [2.24, 2.45) is 11.8 Å². The average molecular weight is 469 g/mol. The van der Waals surface area contributed by atoms with Crippen molar-refractivity contribution >= 4 is 32.1 Å². The summed E-state index contributed by atoms with van der Waals surface area (Å²) in [4.78, 5) is 2.96. The molecule has 3 aromatic rings. The molecule has 0 bridgehead atoms. The Bertz CT molecular complexity index is 896. The van der Waals surface area contributed by atoms with Gasteiger partial charge in [0.05, 0.1) is 6.61 Å². The van der Waals surface area contributed by atoms with Gasteiger partial charge in [-0.05, 0) is 73.1 Å². The highest BCUT2D eigenvalue weighted by atomic mass is 32.1. The van der Waals surface area contributed by atoms with Crippen LogP contribution in [-0.4, -0.2) is 6.61 Å². The number of aryl methyl sites for hydroxylation is 1. The van der Waals surface area contributed by atoms with Crippen LogP contribution < -0.4 is 4.74 Å². The highest BCUT2D eigenvalue weighted by Gasteiger charge is 2.21. The molecule has 3 heteroatoms. The molecule has 1 aliphatic rings. The molecule has 0 amide bonds. The van der Waals surface area contributed by atoms with Crippen LogP contribution in [0.5, 0.6) is 5.75 Å². The number of hydrogen-bond donors (Lipinski definition) is 0. The standard InChI is InChI=1S/C29H40OS2/c1-3-5-7-8-22-9-11-23(12-10-22)13-18-26-20-28-29(31-26)21-27(32-28)24-14-16-25(17-15-24)30-19-6-4-2/h14-17,20-23H,3-13,18-19H2,1-2H3/t22-,23-. The van der Waals surface area contributed by atoms with Crippen LogP contribution in [0.4, 0.5) is 0 Å². The predicted octanol–water partition coefficient (Wildman–Crippen LogP) is 10.1. The second-order valence-electron chi connectivity index (χ2n) is 9.70. The molecule has 4 rings (SSSR count). The van der Waals surface area contributed by atoms with Gasteiger partial charge in [-0.2, -0.15) is 0 Å². The van der Waals surface area contributed by atoms with Gasteiger partial charge in [0.25, 0.3) is 0 Å². The summed E-state index contributed by atoms with van der Waals surface area (Å²) in [7, 11) is 0. The number of unbranched alkanes of at least 4 members (excludes halogenated alkanes) is 3. The van der Waals surface area contributed by atoms with Crippen molar-refractivity contribution in [1.82, 2.24) is 0 Å². The zero-order chi connectivity index (χ0) is 22.2. The topological polar surface area (TPSA) is 9.23 Å². The minimum Gasteiger partial charge on any atom is -0.494 e. The Hall–Kier alpha value is -1.32. The Balaban J connectivity index is 1.25. The minimum absolute atomic E-state index is 0.813. The lowest BCUT2D eigenvalue weighted by Crippen LogP contribution is -2.15. The van der Waals surface area contributed by atoms with E-state index in [1.165, 1.54) is 90.5 Å². The number of fused-ring (bicyclic) bond motifs is 1. The Labute approximate surface area is 203 Å². The van der Waals surface area contributed by atoms with E-state index in [4.69, 9.17) is 4.74 Å². The number of rotatable bonds is 12. The first kappa shape index (κ1) is 23.8. The van der Waals surface area contributed by atoms with E-state index in [2.05, 4.69) is 50.2 Å². The maximum atomic E-state index is 5.81. The summed E-state index contributed by atoms with van der Waals surface area (Å²) in [5, 5.41) is 0. The first-order chi connectivity index (χ1) is 15.7. The molecule has 0 spiro atoms. The predicted molar refractivity (Wildman–Crippen MR) is 143 cm³/mol. The lowest BCUT2D eigenvalue weighted by atomic mass is 9.78. The van der Waals surface area contributed by atoms with Crippen molar-refractivity contribution in [3.8, 4) is 16.2 Å². The Morgan fingerprint density at radius 3 is 2.16 bits per heavy atom. The molecule has 0 saturated heterocycles. The van der Waals surface area contributed by atoms with E-state index >= 15 is 0 Å². The van der Waals surface area contributed by atoms with E-state index in [1.807, 2.05) is 22.7 Å². The summed E-state index contributed by atoms with van der Waals surface area (Å²) in [5.74, 6) is 2.98. The molecular weight excluding hydrogens is 428 g/mol. The molecule has 1 fully saturated rings. The van der Waals surface area contributed by atoms with E-state index in [0.29, 0.717) is 0 Å². The Morgan fingerprint density at radius 2 is 1.47 bits per heavy atom. The molecule has 1 aromatic carbocycles. The van der Waals surface area contributed by atoms with Crippen LogP contribution in [0.25, 0.3) is 19.8 Å². The van der Waals surface area contributed by atoms with Gasteiger partial charge in [-0.1, -0.05) is 71.6 Å². The second-order valence-corrected chi connectivity index (χ2v) is 12.0. The summed E-state index contributed by atoms with van der Waals surface area (Å²) in [6, 6.07) is 13.5. The van der Waals surface area contributed by atoms with Crippen molar-refractivity contribution < 1.29 is 4.74 Å². The van der Waals surface area contributed by atoms with Crippen molar-refractivity contribution in [3.05, 3.63) is 41.3 Å². The Morgan fingerprint density at radius 1 is 0.781 bits per heavy atom. The molecule has 0 N–H and O–H groups in total. The monoisotopic (exact) mass is 468 g/mol. The number of thiophene rings is 2. The fourth-order valence-corrected chi connectivity index (χ4v) is 7.48. The molecule has 1 aliphatic carbocycles. The molecule has 0 aliphatic heterocycles. The highest BCUT2D eigenvalue weighted by molar-refractivity contribution is 7.29. The molecule has 32 heavy (non-hydrogen) atoms. The first-order valence-corrected chi connectivity index (χ1v) is 14.6. The van der Waals surface area contributed by atoms with E-state index in [9.17, 15) is 0 Å². The third-order valence-corrected chi connectivity index (χ3v) is 9.55. The van der Waals surface area contributed by atoms with Gasteiger partial charge in [-0.15, -0.1) is 22.7 Å². The van der Waals surface area contributed by atoms with Crippen LogP contribution in [0.3, 0.4) is 0 Å². The number of hydrogen-bond acceptors (Lipinski definition) is 3. The molecule has 0 atom stereocenters. The third-order valence-electron chi connectivity index (χ3n) is 7.14. The lowest BCUT2D eigenvalue weighted by molar-refractivity contribution is 0.249. The normalized spacial score (nSPS) is 18.9. The summed E-state index contributed by atoms with van der Waals surface area (Å²) in [5.41, 5.74) is 1.30. The van der Waals surface area contributed by atoms with Crippen LogP contribution >= 0.6 is 22.7 Å². The molecule has 2 heterocycles. The molecule has 0 unspecified atom stereocenters. The van der Waals surface area contributed by atoms with E-state index < -0.39 is 0 Å². The van der Waals surface area contributed by atoms with E-state index in [-0.39, 0.29) is 0 Å². The van der Waals surface area contributed by atoms with Crippen molar-refractivity contribution in [2.45, 2.75) is 90.9 Å². The van der Waals surface area contributed by atoms with Crippen molar-refractivity contribution in [1.29, 1.82) is 0 Å². The van der Waals surface area contributed by atoms with Crippen molar-refractivity contribution in [3.63, 3.8) is 0 Å². The maximum Gasteiger partial charge on any atom is 0.119 e. The molecule has 1 nitrogen and oxygen atoms in total. The SMILES string of the molecule is CCCCC[C@H]1CC[C@H](CCc2cc3sc(-c4ccc(OCCCC)cc4)cc3s2)CC1. The van der Waals surface area contributed by atoms with Gasteiger partial charge in [-0.25, -0.2) is 0 Å². The highest BCUT2D eigenvalue weighted by Crippen LogP contribution is 2.40. The van der Waals surface area contributed by atoms with Crippen molar-refractivity contribution in [2.75, 3.05) is 6.61 Å². The van der Waals surface area contributed by atoms with Gasteiger partial charge >= 0.3 is 0 Å². The van der Waals surface area contributed by atoms with Gasteiger partial charge in [-0.3, -0.25) is 0 Å². The number of ether oxygens (including phenoxy) is 1. The van der Waals surface area contributed by atoms with Gasteiger partial charge < -0.3 is 4.74 Å². The van der Waals surface area contributed by atoms with Crippen LogP contribution in [0.1, 0.15) is 89.4 Å². The molecule has 0 radical (unpaired) electrons. The van der Waals surface area contributed by atoms with Gasteiger partial charge in [0, 0.05) is 19.2 Å². The summed E-state index contributed by atoms with van der Waals surface area (Å²) in [6.07, 6.45) is 16.6. The summed E-state index contributed by atoms with van der Waals surface area (Å²) in [6.45, 7) is 5.32. The smallest absolute Gasteiger partial charge is 0.119 e. The van der Waals surface area contributed by atoms with Crippen LogP contribution in [-0.2, 0) is 6.42 Å². The third kappa shape index (κ3) is 6.60. The zero-order valence-electron chi connectivity index (χ0n) is 20.0. The summed E-state index contributed by atoms with van der Waals surface area (Å²) < 4.78 is 8.73. The van der Waals surface area contributed by atoms with Crippen LogP contribution in [0.15, 0.2) is 36.4 Å². The van der Waals surface area contributed by atoms with Crippen LogP contribution in [0, 0.1) is 11.8 Å². The molecule has 174 valence electrons. The largest absolute Gasteiger partial charge is 0.494 e. The van der Waals surface area contributed by atoms with E-state index in [0.717, 1.165) is 30.6 Å². The van der Waals surface area contributed by atoms with Gasteiger partial charge in [0.2, 0.25) is 0 Å². The van der Waals surface area contributed by atoms with E-state index in [1.54, 1.807) is 4.88 Å². The number of benzene rings is 1.